The predicted molar refractivity (Wildman–Crippen MR) is 87.0 cm³/mol. The molecule has 1 aromatic rings. The Kier molecular flexibility index (Phi) is 4.69. The first-order valence-electron chi connectivity index (χ1n) is 7.51. The Morgan fingerprint density at radius 2 is 1.90 bits per heavy atom. The second-order valence-corrected chi connectivity index (χ2v) is 8.17. The molecule has 2 saturated heterocycles. The molecule has 0 amide bonds. The highest BCUT2D eigenvalue weighted by atomic mass is 79.9. The molecule has 0 saturated carbocycles. The van der Waals surface area contributed by atoms with E-state index in [4.69, 9.17) is 0 Å². The fourth-order valence-corrected chi connectivity index (χ4v) is 5.09. The van der Waals surface area contributed by atoms with Crippen molar-refractivity contribution in [1.82, 2.24) is 9.62 Å². The minimum absolute atomic E-state index is 0.0613. The summed E-state index contributed by atoms with van der Waals surface area (Å²) in [6.45, 7) is 2.13. The first-order valence-corrected chi connectivity index (χ1v) is 10.1. The van der Waals surface area contributed by atoms with E-state index in [9.17, 15) is 8.42 Å². The van der Waals surface area contributed by atoms with E-state index in [0.717, 1.165) is 36.8 Å². The Balaban J connectivity index is 1.73. The molecule has 0 bridgehead atoms. The second kappa shape index (κ2) is 6.36. The molecule has 1 N–H and O–H groups in total. The fourth-order valence-electron chi connectivity index (χ4n) is 3.41. The summed E-state index contributed by atoms with van der Waals surface area (Å²) in [5.41, 5.74) is 1.08. The van der Waals surface area contributed by atoms with Gasteiger partial charge in [0.05, 0.1) is 4.90 Å². The van der Waals surface area contributed by atoms with E-state index in [1.54, 1.807) is 12.1 Å². The second-order valence-electron chi connectivity index (χ2n) is 5.89. The van der Waals surface area contributed by atoms with Crippen molar-refractivity contribution < 1.29 is 8.42 Å². The lowest BCUT2D eigenvalue weighted by atomic mass is 10.00. The molecule has 2 unspecified atom stereocenters. The summed E-state index contributed by atoms with van der Waals surface area (Å²) >= 11 is 3.37. The van der Waals surface area contributed by atoms with E-state index in [0.29, 0.717) is 10.9 Å². The van der Waals surface area contributed by atoms with Crippen molar-refractivity contribution in [1.29, 1.82) is 0 Å². The third-order valence-corrected chi connectivity index (χ3v) is 6.70. The third-order valence-electron chi connectivity index (χ3n) is 4.55. The van der Waals surface area contributed by atoms with Crippen LogP contribution < -0.4 is 4.72 Å². The number of hydrogen-bond acceptors (Lipinski definition) is 3. The lowest BCUT2D eigenvalue weighted by Crippen LogP contribution is -2.46. The van der Waals surface area contributed by atoms with Crippen molar-refractivity contribution in [3.8, 4) is 0 Å². The Bertz CT molecular complexity index is 588. The van der Waals surface area contributed by atoms with Crippen molar-refractivity contribution in [2.24, 2.45) is 0 Å². The molecule has 3 rings (SSSR count). The summed E-state index contributed by atoms with van der Waals surface area (Å²) in [6.07, 6.45) is 4.47. The topological polar surface area (TPSA) is 49.4 Å². The molecule has 1 aromatic carbocycles. The molecule has 2 fully saturated rings. The standard InChI is InChI=1S/C15H21BrN2O2S/c16-11-12-4-6-13(7-5-12)21(19,20)17-14-8-10-18-9-2-1-3-15(14)18/h4-7,14-15,17H,1-3,8-11H2. The average molecular weight is 373 g/mol. The molecule has 21 heavy (non-hydrogen) atoms. The van der Waals surface area contributed by atoms with Crippen LogP contribution in [0.1, 0.15) is 31.2 Å². The molecule has 0 radical (unpaired) electrons. The minimum atomic E-state index is -3.41. The quantitative estimate of drug-likeness (QED) is 0.825. The number of piperidine rings is 1. The van der Waals surface area contributed by atoms with Gasteiger partial charge < -0.3 is 0 Å². The Labute approximate surface area is 135 Å². The fraction of sp³-hybridized carbons (Fsp3) is 0.600. The molecular formula is C15H21BrN2O2S. The lowest BCUT2D eigenvalue weighted by Gasteiger charge is -2.32. The average Bonchev–Trinajstić information content (AvgIpc) is 2.90. The first kappa shape index (κ1) is 15.5. The van der Waals surface area contributed by atoms with Gasteiger partial charge in [0.25, 0.3) is 0 Å². The van der Waals surface area contributed by atoms with Crippen LogP contribution in [0.15, 0.2) is 29.2 Å². The zero-order valence-electron chi connectivity index (χ0n) is 12.0. The molecule has 6 heteroatoms. The lowest BCUT2D eigenvalue weighted by molar-refractivity contribution is 0.186. The Hall–Kier alpha value is -0.430. The molecule has 2 heterocycles. The molecule has 0 aromatic heterocycles. The van der Waals surface area contributed by atoms with Crippen molar-refractivity contribution in [2.75, 3.05) is 13.1 Å². The van der Waals surface area contributed by atoms with Gasteiger partial charge >= 0.3 is 0 Å². The molecule has 2 aliphatic rings. The number of alkyl halides is 1. The van der Waals surface area contributed by atoms with Gasteiger partial charge in [-0.3, -0.25) is 4.90 Å². The number of hydrogen-bond donors (Lipinski definition) is 1. The normalized spacial score (nSPS) is 26.7. The minimum Gasteiger partial charge on any atom is -0.299 e. The summed E-state index contributed by atoms with van der Waals surface area (Å²) in [4.78, 5) is 2.80. The van der Waals surface area contributed by atoms with Gasteiger partial charge in [0.15, 0.2) is 0 Å². The number of nitrogens with one attached hydrogen (secondary N) is 1. The number of nitrogens with zero attached hydrogens (tertiary/aromatic N) is 1. The van der Waals surface area contributed by atoms with Gasteiger partial charge in [-0.1, -0.05) is 34.5 Å². The molecule has 2 aliphatic heterocycles. The molecule has 4 nitrogen and oxygen atoms in total. The van der Waals surface area contributed by atoms with E-state index in [1.165, 1.54) is 12.8 Å². The summed E-state index contributed by atoms with van der Waals surface area (Å²) in [5, 5.41) is 0.737. The van der Waals surface area contributed by atoms with Gasteiger partial charge in [0.1, 0.15) is 0 Å². The molecule has 0 spiro atoms. The van der Waals surface area contributed by atoms with Gasteiger partial charge in [0, 0.05) is 24.0 Å². The smallest absolute Gasteiger partial charge is 0.240 e. The van der Waals surface area contributed by atoms with E-state index < -0.39 is 10.0 Å². The van der Waals surface area contributed by atoms with Crippen molar-refractivity contribution in [3.05, 3.63) is 29.8 Å². The van der Waals surface area contributed by atoms with Crippen molar-refractivity contribution in [3.63, 3.8) is 0 Å². The van der Waals surface area contributed by atoms with E-state index in [1.807, 2.05) is 12.1 Å². The van der Waals surface area contributed by atoms with Crippen LogP contribution in [0.2, 0.25) is 0 Å². The van der Waals surface area contributed by atoms with E-state index in [2.05, 4.69) is 25.6 Å². The van der Waals surface area contributed by atoms with Crippen molar-refractivity contribution >= 4 is 26.0 Å². The third kappa shape index (κ3) is 3.33. The Morgan fingerprint density at radius 1 is 1.14 bits per heavy atom. The van der Waals surface area contributed by atoms with Crippen LogP contribution in [0.3, 0.4) is 0 Å². The highest BCUT2D eigenvalue weighted by Crippen LogP contribution is 2.28. The van der Waals surface area contributed by atoms with Gasteiger partial charge in [0.2, 0.25) is 10.0 Å². The summed E-state index contributed by atoms with van der Waals surface area (Å²) < 4.78 is 28.0. The predicted octanol–water partition coefficient (Wildman–Crippen LogP) is 2.49. The summed E-state index contributed by atoms with van der Waals surface area (Å²) in [7, 11) is -3.41. The van der Waals surface area contributed by atoms with Gasteiger partial charge in [-0.05, 0) is 43.5 Å². The molecular weight excluding hydrogens is 352 g/mol. The SMILES string of the molecule is O=S(=O)(NC1CCN2CCCCC12)c1ccc(CBr)cc1. The summed E-state index contributed by atoms with van der Waals surface area (Å²) in [6, 6.07) is 7.52. The van der Waals surface area contributed by atoms with E-state index >= 15 is 0 Å². The molecule has 116 valence electrons. The van der Waals surface area contributed by atoms with Gasteiger partial charge in [-0.2, -0.15) is 0 Å². The zero-order valence-corrected chi connectivity index (χ0v) is 14.4. The molecule has 2 atom stereocenters. The maximum atomic E-state index is 12.5. The van der Waals surface area contributed by atoms with Crippen LogP contribution in [0, 0.1) is 0 Å². The molecule has 0 aliphatic carbocycles. The highest BCUT2D eigenvalue weighted by Gasteiger charge is 2.37. The zero-order chi connectivity index (χ0) is 14.9. The largest absolute Gasteiger partial charge is 0.299 e. The van der Waals surface area contributed by atoms with Crippen LogP contribution in [0.4, 0.5) is 0 Å². The van der Waals surface area contributed by atoms with Crippen LogP contribution in [0.25, 0.3) is 0 Å². The first-order chi connectivity index (χ1) is 10.1. The van der Waals surface area contributed by atoms with Gasteiger partial charge in [-0.15, -0.1) is 0 Å². The maximum Gasteiger partial charge on any atom is 0.240 e. The van der Waals surface area contributed by atoms with Crippen LogP contribution in [0.5, 0.6) is 0 Å². The summed E-state index contributed by atoms with van der Waals surface area (Å²) in [5.74, 6) is 0. The number of halogens is 1. The maximum absolute atomic E-state index is 12.5. The van der Waals surface area contributed by atoms with Crippen LogP contribution in [-0.2, 0) is 15.4 Å². The number of rotatable bonds is 4. The van der Waals surface area contributed by atoms with Crippen molar-refractivity contribution in [2.45, 2.75) is 48.0 Å². The van der Waals surface area contributed by atoms with Gasteiger partial charge in [-0.25, -0.2) is 13.1 Å². The Morgan fingerprint density at radius 3 is 2.62 bits per heavy atom. The number of benzene rings is 1. The number of sulfonamides is 1. The highest BCUT2D eigenvalue weighted by molar-refractivity contribution is 9.08. The monoisotopic (exact) mass is 372 g/mol. The van der Waals surface area contributed by atoms with E-state index in [-0.39, 0.29) is 6.04 Å². The van der Waals surface area contributed by atoms with Crippen LogP contribution >= 0.6 is 15.9 Å². The number of fused-ring (bicyclic) bond motifs is 1. The van der Waals surface area contributed by atoms with Crippen LogP contribution in [-0.4, -0.2) is 38.5 Å².